The van der Waals surface area contributed by atoms with Crippen molar-refractivity contribution in [3.63, 3.8) is 0 Å². The summed E-state index contributed by atoms with van der Waals surface area (Å²) >= 11 is 6.39. The van der Waals surface area contributed by atoms with Crippen LogP contribution in [-0.2, 0) is 6.18 Å². The topological polar surface area (TPSA) is 30.7 Å². The minimum Gasteiger partial charge on any atom is -0.220 e. The summed E-state index contributed by atoms with van der Waals surface area (Å²) in [5.74, 6) is 0. The van der Waals surface area contributed by atoms with Crippen LogP contribution in [0.2, 0.25) is 0 Å². The van der Waals surface area contributed by atoms with Crippen molar-refractivity contribution in [2.45, 2.75) is 17.9 Å². The third-order valence-corrected chi connectivity index (χ3v) is 3.32. The molecule has 0 bridgehead atoms. The molecule has 0 fully saturated rings. The molecule has 1 atom stereocenters. The predicted octanol–water partition coefficient (Wildman–Crippen LogP) is 4.50. The number of benzene rings is 1. The first-order valence-electron chi connectivity index (χ1n) is 5.22. The average molecular weight is 399 g/mol. The number of hydrogen-bond acceptors (Lipinski definition) is 2. The molecule has 0 amide bonds. The molecule has 0 aliphatic rings. The fourth-order valence-electron chi connectivity index (χ4n) is 1.46. The molecule has 0 N–H and O–H groups in total. The minimum atomic E-state index is -4.40. The number of aromatic nitrogens is 3. The molecule has 0 saturated heterocycles. The van der Waals surface area contributed by atoms with Gasteiger partial charge in [-0.3, -0.25) is 0 Å². The molecular formula is C11H8Br2F3N3. The second kappa shape index (κ2) is 5.24. The quantitative estimate of drug-likeness (QED) is 0.697. The Labute approximate surface area is 124 Å². The van der Waals surface area contributed by atoms with E-state index in [9.17, 15) is 13.2 Å². The Balaban J connectivity index is 2.47. The molecule has 0 radical (unpaired) electrons. The van der Waals surface area contributed by atoms with Crippen LogP contribution in [0, 0.1) is 0 Å². The number of alkyl halides is 4. The molecule has 19 heavy (non-hydrogen) atoms. The molecule has 8 heteroatoms. The van der Waals surface area contributed by atoms with Crippen molar-refractivity contribution in [2.75, 3.05) is 0 Å². The lowest BCUT2D eigenvalue weighted by molar-refractivity contribution is -0.137. The van der Waals surface area contributed by atoms with Gasteiger partial charge >= 0.3 is 6.18 Å². The molecule has 102 valence electrons. The van der Waals surface area contributed by atoms with Crippen molar-refractivity contribution >= 4 is 31.9 Å². The first-order chi connectivity index (χ1) is 8.77. The summed E-state index contributed by atoms with van der Waals surface area (Å²) in [6.07, 6.45) is -2.81. The molecule has 0 aliphatic carbocycles. The number of hydrogen-bond donors (Lipinski definition) is 0. The van der Waals surface area contributed by atoms with E-state index in [1.807, 2.05) is 6.92 Å². The van der Waals surface area contributed by atoms with Crippen LogP contribution >= 0.6 is 31.9 Å². The van der Waals surface area contributed by atoms with Crippen molar-refractivity contribution in [1.82, 2.24) is 15.0 Å². The smallest absolute Gasteiger partial charge is 0.220 e. The van der Waals surface area contributed by atoms with Gasteiger partial charge in [-0.15, -0.1) is 5.10 Å². The van der Waals surface area contributed by atoms with E-state index in [2.05, 4.69) is 42.2 Å². The fraction of sp³-hybridized carbons (Fsp3) is 0.273. The second-order valence-electron chi connectivity index (χ2n) is 3.90. The van der Waals surface area contributed by atoms with Crippen molar-refractivity contribution in [3.8, 4) is 5.69 Å². The Bertz CT molecular complexity index is 593. The largest absolute Gasteiger partial charge is 0.416 e. The number of rotatable bonds is 2. The second-order valence-corrected chi connectivity index (χ2v) is 6.19. The first kappa shape index (κ1) is 14.5. The zero-order chi connectivity index (χ0) is 14.2. The third kappa shape index (κ3) is 3.36. The van der Waals surface area contributed by atoms with E-state index in [4.69, 9.17) is 0 Å². The van der Waals surface area contributed by atoms with Crippen molar-refractivity contribution < 1.29 is 13.2 Å². The van der Waals surface area contributed by atoms with Gasteiger partial charge in [0.15, 0.2) is 0 Å². The highest BCUT2D eigenvalue weighted by Crippen LogP contribution is 2.33. The van der Waals surface area contributed by atoms with Crippen molar-refractivity contribution in [3.05, 3.63) is 40.1 Å². The molecular weight excluding hydrogens is 391 g/mol. The van der Waals surface area contributed by atoms with E-state index in [0.717, 1.165) is 12.1 Å². The van der Waals surface area contributed by atoms with Gasteiger partial charge in [0, 0.05) is 4.47 Å². The molecule has 2 aromatic rings. The number of nitrogens with zero attached hydrogens (tertiary/aromatic N) is 3. The Morgan fingerprint density at radius 3 is 2.47 bits per heavy atom. The molecule has 0 spiro atoms. The summed E-state index contributed by atoms with van der Waals surface area (Å²) in [5, 5.41) is 7.70. The standard InChI is InChI=1S/C11H8Br2F3N3/c1-6(12)10-5-19(18-17-10)9-3-7(11(14,15)16)2-8(13)4-9/h2-6H,1H3. The normalized spacial score (nSPS) is 13.6. The molecule has 2 rings (SSSR count). The van der Waals surface area contributed by atoms with E-state index in [-0.39, 0.29) is 4.83 Å². The average Bonchev–Trinajstić information content (AvgIpc) is 2.76. The predicted molar refractivity (Wildman–Crippen MR) is 71.4 cm³/mol. The van der Waals surface area contributed by atoms with Gasteiger partial charge in [-0.2, -0.15) is 13.2 Å². The summed E-state index contributed by atoms with van der Waals surface area (Å²) in [6, 6.07) is 3.60. The van der Waals surface area contributed by atoms with Crippen LogP contribution in [-0.4, -0.2) is 15.0 Å². The molecule has 1 heterocycles. The highest BCUT2D eigenvalue weighted by molar-refractivity contribution is 9.10. The lowest BCUT2D eigenvalue weighted by atomic mass is 10.2. The molecule has 3 nitrogen and oxygen atoms in total. The molecule has 0 aliphatic heterocycles. The summed E-state index contributed by atoms with van der Waals surface area (Å²) in [6.45, 7) is 1.86. The van der Waals surface area contributed by atoms with E-state index >= 15 is 0 Å². The zero-order valence-electron chi connectivity index (χ0n) is 9.62. The Morgan fingerprint density at radius 2 is 1.95 bits per heavy atom. The fourth-order valence-corrected chi connectivity index (χ4v) is 2.15. The lowest BCUT2D eigenvalue weighted by Crippen LogP contribution is -2.06. The summed E-state index contributed by atoms with van der Waals surface area (Å²) < 4.78 is 39.8. The van der Waals surface area contributed by atoms with Gasteiger partial charge in [0.2, 0.25) is 0 Å². The van der Waals surface area contributed by atoms with Crippen molar-refractivity contribution in [1.29, 1.82) is 0 Å². The Kier molecular flexibility index (Phi) is 4.00. The van der Waals surface area contributed by atoms with E-state index in [1.54, 1.807) is 12.3 Å². The highest BCUT2D eigenvalue weighted by atomic mass is 79.9. The van der Waals surface area contributed by atoms with E-state index < -0.39 is 11.7 Å². The van der Waals surface area contributed by atoms with E-state index in [0.29, 0.717) is 15.9 Å². The van der Waals surface area contributed by atoms with Gasteiger partial charge < -0.3 is 0 Å². The van der Waals surface area contributed by atoms with Gasteiger partial charge in [-0.05, 0) is 25.1 Å². The van der Waals surface area contributed by atoms with Crippen LogP contribution in [0.1, 0.15) is 23.0 Å². The third-order valence-electron chi connectivity index (χ3n) is 2.39. The SMILES string of the molecule is CC(Br)c1cn(-c2cc(Br)cc(C(F)(F)F)c2)nn1. The zero-order valence-corrected chi connectivity index (χ0v) is 12.8. The monoisotopic (exact) mass is 397 g/mol. The van der Waals surface area contributed by atoms with Gasteiger partial charge in [-0.1, -0.05) is 37.1 Å². The molecule has 1 unspecified atom stereocenters. The lowest BCUT2D eigenvalue weighted by Gasteiger charge is -2.09. The van der Waals surface area contributed by atoms with Crippen LogP contribution < -0.4 is 0 Å². The maximum atomic E-state index is 12.7. The molecule has 1 aromatic heterocycles. The maximum Gasteiger partial charge on any atom is 0.416 e. The molecule has 1 aromatic carbocycles. The van der Waals surface area contributed by atoms with Crippen LogP contribution in [0.15, 0.2) is 28.9 Å². The molecule has 0 saturated carbocycles. The van der Waals surface area contributed by atoms with Crippen LogP contribution in [0.5, 0.6) is 0 Å². The Morgan fingerprint density at radius 1 is 1.26 bits per heavy atom. The summed E-state index contributed by atoms with van der Waals surface area (Å²) in [4.78, 5) is -0.0181. The Hall–Kier alpha value is -0.890. The van der Waals surface area contributed by atoms with Crippen LogP contribution in [0.3, 0.4) is 0 Å². The summed E-state index contributed by atoms with van der Waals surface area (Å²) in [5.41, 5.74) is 0.211. The van der Waals surface area contributed by atoms with Crippen molar-refractivity contribution in [2.24, 2.45) is 0 Å². The van der Waals surface area contributed by atoms with E-state index in [1.165, 1.54) is 4.68 Å². The number of halogens is 5. The minimum absolute atomic E-state index is 0.0181. The maximum absolute atomic E-state index is 12.7. The van der Waals surface area contributed by atoms with Gasteiger partial charge in [0.25, 0.3) is 0 Å². The first-order valence-corrected chi connectivity index (χ1v) is 6.92. The van der Waals surface area contributed by atoms with Gasteiger partial charge in [0.1, 0.15) is 0 Å². The van der Waals surface area contributed by atoms with Crippen LogP contribution in [0.4, 0.5) is 13.2 Å². The highest BCUT2D eigenvalue weighted by Gasteiger charge is 2.31. The summed E-state index contributed by atoms with van der Waals surface area (Å²) in [7, 11) is 0. The van der Waals surface area contributed by atoms with Crippen LogP contribution in [0.25, 0.3) is 5.69 Å². The van der Waals surface area contributed by atoms with Gasteiger partial charge in [-0.25, -0.2) is 4.68 Å². The van der Waals surface area contributed by atoms with Gasteiger partial charge in [0.05, 0.1) is 28.0 Å².